The molecule has 1 saturated heterocycles. The lowest BCUT2D eigenvalue weighted by Gasteiger charge is -2.39. The first-order valence-electron chi connectivity index (χ1n) is 10.6. The molecule has 174 valence electrons. The number of urea groups is 1. The molecule has 1 aromatic heterocycles. The van der Waals surface area contributed by atoms with Crippen LogP contribution in [0.25, 0.3) is 0 Å². The van der Waals surface area contributed by atoms with Crippen LogP contribution in [0.2, 0.25) is 0 Å². The largest absolute Gasteiger partial charge is 0.416 e. The quantitative estimate of drug-likeness (QED) is 0.564. The molecule has 1 unspecified atom stereocenters. The molecule has 1 aliphatic heterocycles. The summed E-state index contributed by atoms with van der Waals surface area (Å²) in [6, 6.07) is 12.4. The highest BCUT2D eigenvalue weighted by Gasteiger charge is 2.32. The van der Waals surface area contributed by atoms with Crippen molar-refractivity contribution in [3.8, 4) is 0 Å². The van der Waals surface area contributed by atoms with Crippen LogP contribution < -0.4 is 10.2 Å². The molecular formula is C23H24F3N5OS. The number of alkyl halides is 3. The summed E-state index contributed by atoms with van der Waals surface area (Å²) in [6.45, 7) is 5.52. The maximum absolute atomic E-state index is 12.9. The Morgan fingerprint density at radius 1 is 1.18 bits per heavy atom. The molecule has 0 bridgehead atoms. The lowest BCUT2D eigenvalue weighted by Crippen LogP contribution is -2.55. The third-order valence-corrected chi connectivity index (χ3v) is 6.36. The summed E-state index contributed by atoms with van der Waals surface area (Å²) in [5.74, 6) is 0.760. The second kappa shape index (κ2) is 9.38. The summed E-state index contributed by atoms with van der Waals surface area (Å²) in [5, 5.41) is 3.39. The zero-order chi connectivity index (χ0) is 23.6. The molecule has 0 saturated carbocycles. The molecule has 1 N–H and O–H groups in total. The van der Waals surface area contributed by atoms with Gasteiger partial charge in [0.25, 0.3) is 0 Å². The van der Waals surface area contributed by atoms with Gasteiger partial charge >= 0.3 is 12.2 Å². The smallest absolute Gasteiger partial charge is 0.343 e. The summed E-state index contributed by atoms with van der Waals surface area (Å²) in [4.78, 5) is 21.1. The van der Waals surface area contributed by atoms with Crippen molar-refractivity contribution in [2.45, 2.75) is 32.5 Å². The Bertz CT molecular complexity index is 1120. The minimum Gasteiger partial charge on any atom is -0.343 e. The van der Waals surface area contributed by atoms with Gasteiger partial charge in [-0.1, -0.05) is 35.9 Å². The third kappa shape index (κ3) is 5.62. The summed E-state index contributed by atoms with van der Waals surface area (Å²) in [6.07, 6.45) is -3.80. The van der Waals surface area contributed by atoms with Gasteiger partial charge in [0.1, 0.15) is 5.82 Å². The lowest BCUT2D eigenvalue weighted by molar-refractivity contribution is -0.137. The van der Waals surface area contributed by atoms with Gasteiger partial charge in [0.15, 0.2) is 0 Å². The maximum atomic E-state index is 12.9. The molecule has 33 heavy (non-hydrogen) atoms. The summed E-state index contributed by atoms with van der Waals surface area (Å²) in [5.41, 5.74) is 1.68. The average molecular weight is 476 g/mol. The monoisotopic (exact) mass is 475 g/mol. The SMILES string of the molecule is Cc1ccc(Cc2nsc(N3CCN(C(=O)Nc4cccc(C(F)(F)F)c4)C(C)C3)n2)cc1. The Balaban J connectivity index is 1.35. The van der Waals surface area contributed by atoms with Crippen LogP contribution in [0, 0.1) is 6.92 Å². The van der Waals surface area contributed by atoms with Crippen molar-refractivity contribution in [3.63, 3.8) is 0 Å². The minimum atomic E-state index is -4.46. The number of piperazine rings is 1. The topological polar surface area (TPSA) is 61.4 Å². The van der Waals surface area contributed by atoms with E-state index in [-0.39, 0.29) is 11.7 Å². The number of nitrogens with zero attached hydrogens (tertiary/aromatic N) is 4. The van der Waals surface area contributed by atoms with Crippen molar-refractivity contribution >= 4 is 28.4 Å². The number of hydrogen-bond acceptors (Lipinski definition) is 5. The van der Waals surface area contributed by atoms with E-state index in [1.807, 2.05) is 13.8 Å². The van der Waals surface area contributed by atoms with Gasteiger partial charge in [0, 0.05) is 49.3 Å². The fraction of sp³-hybridized carbons (Fsp3) is 0.348. The number of rotatable bonds is 4. The van der Waals surface area contributed by atoms with Crippen molar-refractivity contribution < 1.29 is 18.0 Å². The number of halogens is 3. The first kappa shape index (κ1) is 23.0. The van der Waals surface area contributed by atoms with Gasteiger partial charge < -0.3 is 15.1 Å². The van der Waals surface area contributed by atoms with E-state index in [2.05, 4.69) is 43.8 Å². The highest BCUT2D eigenvalue weighted by molar-refractivity contribution is 7.09. The summed E-state index contributed by atoms with van der Waals surface area (Å²) < 4.78 is 43.3. The molecule has 6 nitrogen and oxygen atoms in total. The van der Waals surface area contributed by atoms with Crippen LogP contribution in [0.4, 0.5) is 28.8 Å². The second-order valence-corrected chi connectivity index (χ2v) is 8.88. The van der Waals surface area contributed by atoms with Crippen LogP contribution in [-0.4, -0.2) is 46.0 Å². The van der Waals surface area contributed by atoms with Crippen molar-refractivity contribution in [2.75, 3.05) is 29.9 Å². The molecule has 1 atom stereocenters. The number of benzene rings is 2. The van der Waals surface area contributed by atoms with Crippen LogP contribution in [0.5, 0.6) is 0 Å². The molecule has 2 heterocycles. The zero-order valence-corrected chi connectivity index (χ0v) is 19.1. The zero-order valence-electron chi connectivity index (χ0n) is 18.3. The van der Waals surface area contributed by atoms with Gasteiger partial charge in [-0.25, -0.2) is 9.78 Å². The van der Waals surface area contributed by atoms with Crippen LogP contribution in [0.3, 0.4) is 0 Å². The Kier molecular flexibility index (Phi) is 6.55. The Morgan fingerprint density at radius 2 is 1.94 bits per heavy atom. The van der Waals surface area contributed by atoms with Gasteiger partial charge in [-0.2, -0.15) is 17.5 Å². The van der Waals surface area contributed by atoms with Crippen molar-refractivity contribution in [2.24, 2.45) is 0 Å². The summed E-state index contributed by atoms with van der Waals surface area (Å²) >= 11 is 1.34. The Hall–Kier alpha value is -3.14. The second-order valence-electron chi connectivity index (χ2n) is 8.15. The highest BCUT2D eigenvalue weighted by atomic mass is 32.1. The molecule has 1 aliphatic rings. The Morgan fingerprint density at radius 3 is 2.64 bits per heavy atom. The predicted octanol–water partition coefficient (Wildman–Crippen LogP) is 5.20. The van der Waals surface area contributed by atoms with Gasteiger partial charge in [-0.05, 0) is 37.6 Å². The number of aromatic nitrogens is 2. The fourth-order valence-electron chi connectivity index (χ4n) is 3.74. The molecule has 10 heteroatoms. The van der Waals surface area contributed by atoms with Crippen LogP contribution in [-0.2, 0) is 12.6 Å². The van der Waals surface area contributed by atoms with E-state index < -0.39 is 17.8 Å². The first-order valence-corrected chi connectivity index (χ1v) is 11.3. The highest BCUT2D eigenvalue weighted by Crippen LogP contribution is 2.31. The lowest BCUT2D eigenvalue weighted by atomic mass is 10.1. The van der Waals surface area contributed by atoms with E-state index in [1.54, 1.807) is 4.90 Å². The van der Waals surface area contributed by atoms with Gasteiger partial charge in [-0.3, -0.25) is 0 Å². The normalized spacial score (nSPS) is 16.7. The number of nitrogens with one attached hydrogen (secondary N) is 1. The van der Waals surface area contributed by atoms with E-state index in [0.717, 1.165) is 28.7 Å². The number of carbonyl (C=O) groups is 1. The maximum Gasteiger partial charge on any atom is 0.416 e. The van der Waals surface area contributed by atoms with E-state index in [9.17, 15) is 18.0 Å². The van der Waals surface area contributed by atoms with E-state index in [1.165, 1.54) is 29.2 Å². The molecule has 0 aliphatic carbocycles. The predicted molar refractivity (Wildman–Crippen MR) is 123 cm³/mol. The first-order chi connectivity index (χ1) is 15.7. The van der Waals surface area contributed by atoms with E-state index in [4.69, 9.17) is 0 Å². The molecule has 2 aromatic carbocycles. The molecular weight excluding hydrogens is 451 g/mol. The molecule has 4 rings (SSSR count). The van der Waals surface area contributed by atoms with Crippen LogP contribution in [0.1, 0.15) is 29.4 Å². The third-order valence-electron chi connectivity index (χ3n) is 5.54. The summed E-state index contributed by atoms with van der Waals surface area (Å²) in [7, 11) is 0. The fourth-order valence-corrected chi connectivity index (χ4v) is 4.46. The van der Waals surface area contributed by atoms with Crippen molar-refractivity contribution in [1.82, 2.24) is 14.3 Å². The molecule has 0 spiro atoms. The van der Waals surface area contributed by atoms with E-state index in [0.29, 0.717) is 26.1 Å². The molecule has 2 amide bonds. The van der Waals surface area contributed by atoms with Gasteiger partial charge in [-0.15, -0.1) is 0 Å². The van der Waals surface area contributed by atoms with Crippen LogP contribution in [0.15, 0.2) is 48.5 Å². The molecule has 3 aromatic rings. The Labute approximate surface area is 194 Å². The minimum absolute atomic E-state index is 0.120. The molecule has 0 radical (unpaired) electrons. The van der Waals surface area contributed by atoms with Crippen LogP contribution >= 0.6 is 11.5 Å². The molecule has 1 fully saturated rings. The average Bonchev–Trinajstić information content (AvgIpc) is 3.23. The van der Waals surface area contributed by atoms with Crippen molar-refractivity contribution in [3.05, 3.63) is 71.0 Å². The standard InChI is InChI=1S/C23H24F3N5OS/c1-15-6-8-17(9-7-15)12-20-28-22(33-29-20)30-10-11-31(16(2)14-30)21(32)27-19-5-3-4-18(13-19)23(24,25)26/h3-9,13,16H,10-12,14H2,1-2H3,(H,27,32). The number of hydrogen-bond donors (Lipinski definition) is 1. The van der Waals surface area contributed by atoms with Gasteiger partial charge in [0.2, 0.25) is 5.13 Å². The number of aryl methyl sites for hydroxylation is 1. The number of carbonyl (C=O) groups excluding carboxylic acids is 1. The number of amides is 2. The van der Waals surface area contributed by atoms with Crippen molar-refractivity contribution in [1.29, 1.82) is 0 Å². The number of anilines is 2. The van der Waals surface area contributed by atoms with E-state index >= 15 is 0 Å². The van der Waals surface area contributed by atoms with Gasteiger partial charge in [0.05, 0.1) is 5.56 Å².